The Morgan fingerprint density at radius 2 is 0.815 bits per heavy atom. The molecule has 0 aromatic heterocycles. The standard InChI is InChI=1S/C26H23N/c1-4-10-22(11-5-1)20-27(21-23-12-6-2-7-13-23)26-18-16-25(17-19-26)24-14-8-3-9-15-24/h1-19H,20-21H2. The first kappa shape index (κ1) is 17.1. The average Bonchev–Trinajstić information content (AvgIpc) is 2.76. The van der Waals surface area contributed by atoms with E-state index in [1.54, 1.807) is 0 Å². The van der Waals surface area contributed by atoms with E-state index in [0.717, 1.165) is 13.1 Å². The fraction of sp³-hybridized carbons (Fsp3) is 0.0769. The molecule has 4 rings (SSSR count). The molecule has 0 saturated carbocycles. The van der Waals surface area contributed by atoms with Crippen LogP contribution in [0, 0.1) is 0 Å². The summed E-state index contributed by atoms with van der Waals surface area (Å²) in [7, 11) is 0. The molecular weight excluding hydrogens is 326 g/mol. The molecule has 0 spiro atoms. The van der Waals surface area contributed by atoms with Gasteiger partial charge in [-0.1, -0.05) is 103 Å². The summed E-state index contributed by atoms with van der Waals surface area (Å²) in [5.41, 5.74) is 6.38. The summed E-state index contributed by atoms with van der Waals surface area (Å²) in [6.45, 7) is 1.78. The SMILES string of the molecule is c1ccc(CN(Cc2ccccc2)c2ccc(-c3ccccc3)cc2)cc1. The van der Waals surface area contributed by atoms with Gasteiger partial charge in [0.05, 0.1) is 0 Å². The van der Waals surface area contributed by atoms with Crippen LogP contribution in [0.2, 0.25) is 0 Å². The Bertz CT molecular complexity index is 904. The van der Waals surface area contributed by atoms with E-state index in [-0.39, 0.29) is 0 Å². The van der Waals surface area contributed by atoms with Crippen LogP contribution in [-0.4, -0.2) is 0 Å². The molecule has 0 atom stereocenters. The van der Waals surface area contributed by atoms with Gasteiger partial charge in [0.1, 0.15) is 0 Å². The van der Waals surface area contributed by atoms with Crippen molar-refractivity contribution in [3.05, 3.63) is 126 Å². The summed E-state index contributed by atoms with van der Waals surface area (Å²) in [4.78, 5) is 2.43. The molecule has 0 aliphatic rings. The molecular formula is C26H23N. The van der Waals surface area contributed by atoms with Crippen molar-refractivity contribution in [3.8, 4) is 11.1 Å². The number of rotatable bonds is 6. The Kier molecular flexibility index (Phi) is 5.31. The zero-order valence-corrected chi connectivity index (χ0v) is 15.3. The van der Waals surface area contributed by atoms with Gasteiger partial charge in [0.25, 0.3) is 0 Å². The molecule has 0 bridgehead atoms. The van der Waals surface area contributed by atoms with Gasteiger partial charge in [-0.05, 0) is 34.4 Å². The van der Waals surface area contributed by atoms with E-state index >= 15 is 0 Å². The lowest BCUT2D eigenvalue weighted by Gasteiger charge is -2.25. The molecule has 4 aromatic carbocycles. The Morgan fingerprint density at radius 1 is 0.407 bits per heavy atom. The van der Waals surface area contributed by atoms with Crippen LogP contribution < -0.4 is 4.90 Å². The summed E-state index contributed by atoms with van der Waals surface area (Å²) in [6.07, 6.45) is 0. The van der Waals surface area contributed by atoms with Gasteiger partial charge < -0.3 is 4.90 Å². The van der Waals surface area contributed by atoms with Crippen molar-refractivity contribution in [1.82, 2.24) is 0 Å². The van der Waals surface area contributed by atoms with E-state index in [0.29, 0.717) is 0 Å². The maximum absolute atomic E-state index is 2.43. The van der Waals surface area contributed by atoms with Crippen LogP contribution in [0.1, 0.15) is 11.1 Å². The summed E-state index contributed by atoms with van der Waals surface area (Å²) in [5, 5.41) is 0. The quantitative estimate of drug-likeness (QED) is 0.381. The molecule has 4 aromatic rings. The number of anilines is 1. The zero-order valence-electron chi connectivity index (χ0n) is 15.3. The van der Waals surface area contributed by atoms with E-state index in [1.165, 1.54) is 27.9 Å². The highest BCUT2D eigenvalue weighted by molar-refractivity contribution is 5.66. The smallest absolute Gasteiger partial charge is 0.0433 e. The van der Waals surface area contributed by atoms with Crippen molar-refractivity contribution in [2.24, 2.45) is 0 Å². The van der Waals surface area contributed by atoms with Gasteiger partial charge in [-0.15, -0.1) is 0 Å². The fourth-order valence-corrected chi connectivity index (χ4v) is 3.34. The Labute approximate surface area is 161 Å². The highest BCUT2D eigenvalue weighted by Gasteiger charge is 2.09. The predicted molar refractivity (Wildman–Crippen MR) is 115 cm³/mol. The highest BCUT2D eigenvalue weighted by atomic mass is 15.1. The van der Waals surface area contributed by atoms with E-state index < -0.39 is 0 Å². The second-order valence-electron chi connectivity index (χ2n) is 6.74. The van der Waals surface area contributed by atoms with E-state index in [4.69, 9.17) is 0 Å². The van der Waals surface area contributed by atoms with Crippen molar-refractivity contribution >= 4 is 5.69 Å². The minimum absolute atomic E-state index is 0.889. The van der Waals surface area contributed by atoms with Crippen LogP contribution in [0.3, 0.4) is 0 Å². The van der Waals surface area contributed by atoms with Gasteiger partial charge in [-0.25, -0.2) is 0 Å². The maximum atomic E-state index is 2.43. The van der Waals surface area contributed by atoms with E-state index in [2.05, 4.69) is 120 Å². The van der Waals surface area contributed by atoms with Crippen LogP contribution in [0.4, 0.5) is 5.69 Å². The van der Waals surface area contributed by atoms with Crippen molar-refractivity contribution in [1.29, 1.82) is 0 Å². The van der Waals surface area contributed by atoms with Gasteiger partial charge in [-0.2, -0.15) is 0 Å². The summed E-state index contributed by atoms with van der Waals surface area (Å²) in [5.74, 6) is 0. The molecule has 1 heteroatoms. The Morgan fingerprint density at radius 3 is 1.30 bits per heavy atom. The van der Waals surface area contributed by atoms with Crippen LogP contribution in [0.25, 0.3) is 11.1 Å². The third kappa shape index (κ3) is 4.45. The third-order valence-corrected chi connectivity index (χ3v) is 4.77. The van der Waals surface area contributed by atoms with Crippen molar-refractivity contribution in [2.45, 2.75) is 13.1 Å². The number of hydrogen-bond donors (Lipinski definition) is 0. The first-order valence-electron chi connectivity index (χ1n) is 9.37. The lowest BCUT2D eigenvalue weighted by Crippen LogP contribution is -2.22. The molecule has 0 radical (unpaired) electrons. The molecule has 0 aliphatic carbocycles. The Balaban J connectivity index is 1.61. The van der Waals surface area contributed by atoms with E-state index in [9.17, 15) is 0 Å². The van der Waals surface area contributed by atoms with Gasteiger partial charge >= 0.3 is 0 Å². The highest BCUT2D eigenvalue weighted by Crippen LogP contribution is 2.25. The van der Waals surface area contributed by atoms with Crippen LogP contribution in [-0.2, 0) is 13.1 Å². The van der Waals surface area contributed by atoms with Crippen molar-refractivity contribution < 1.29 is 0 Å². The molecule has 0 unspecified atom stereocenters. The van der Waals surface area contributed by atoms with Crippen LogP contribution >= 0.6 is 0 Å². The van der Waals surface area contributed by atoms with Gasteiger partial charge in [0.2, 0.25) is 0 Å². The second-order valence-corrected chi connectivity index (χ2v) is 6.74. The molecule has 0 heterocycles. The monoisotopic (exact) mass is 349 g/mol. The molecule has 1 nitrogen and oxygen atoms in total. The van der Waals surface area contributed by atoms with Crippen molar-refractivity contribution in [3.63, 3.8) is 0 Å². The number of nitrogens with zero attached hydrogens (tertiary/aromatic N) is 1. The third-order valence-electron chi connectivity index (χ3n) is 4.77. The number of benzene rings is 4. The normalized spacial score (nSPS) is 10.5. The lowest BCUT2D eigenvalue weighted by molar-refractivity contribution is 0.800. The van der Waals surface area contributed by atoms with Crippen LogP contribution in [0.5, 0.6) is 0 Å². The van der Waals surface area contributed by atoms with Gasteiger partial charge in [-0.3, -0.25) is 0 Å². The largest absolute Gasteiger partial charge is 0.363 e. The minimum Gasteiger partial charge on any atom is -0.363 e. The molecule has 132 valence electrons. The molecule has 27 heavy (non-hydrogen) atoms. The number of hydrogen-bond acceptors (Lipinski definition) is 1. The maximum Gasteiger partial charge on any atom is 0.0433 e. The summed E-state index contributed by atoms with van der Waals surface area (Å²) < 4.78 is 0. The minimum atomic E-state index is 0.889. The predicted octanol–water partition coefficient (Wildman–Crippen LogP) is 6.56. The summed E-state index contributed by atoms with van der Waals surface area (Å²) >= 11 is 0. The average molecular weight is 349 g/mol. The van der Waals surface area contributed by atoms with Crippen LogP contribution in [0.15, 0.2) is 115 Å². The molecule has 0 aliphatic heterocycles. The summed E-state index contributed by atoms with van der Waals surface area (Å²) in [6, 6.07) is 40.7. The lowest BCUT2D eigenvalue weighted by atomic mass is 10.0. The van der Waals surface area contributed by atoms with Gasteiger partial charge in [0.15, 0.2) is 0 Å². The molecule has 0 amide bonds. The molecule has 0 fully saturated rings. The first-order valence-corrected chi connectivity index (χ1v) is 9.37. The zero-order chi connectivity index (χ0) is 18.3. The van der Waals surface area contributed by atoms with E-state index in [1.807, 2.05) is 0 Å². The fourth-order valence-electron chi connectivity index (χ4n) is 3.34. The molecule has 0 N–H and O–H groups in total. The Hall–Kier alpha value is -3.32. The topological polar surface area (TPSA) is 3.24 Å². The molecule has 0 saturated heterocycles. The second kappa shape index (κ2) is 8.37. The first-order chi connectivity index (χ1) is 13.4. The van der Waals surface area contributed by atoms with Crippen molar-refractivity contribution in [2.75, 3.05) is 4.90 Å². The van der Waals surface area contributed by atoms with Gasteiger partial charge in [0, 0.05) is 18.8 Å².